The van der Waals surface area contributed by atoms with Crippen molar-refractivity contribution in [2.45, 2.75) is 27.3 Å². The van der Waals surface area contributed by atoms with Crippen molar-refractivity contribution in [2.24, 2.45) is 0 Å². The van der Waals surface area contributed by atoms with Crippen LogP contribution in [0.2, 0.25) is 0 Å². The largest absolute Gasteiger partial charge is 0.333 e. The predicted molar refractivity (Wildman–Crippen MR) is 96.4 cm³/mol. The third-order valence-corrected chi connectivity index (χ3v) is 4.06. The molecule has 0 aliphatic carbocycles. The van der Waals surface area contributed by atoms with E-state index >= 15 is 0 Å². The first-order chi connectivity index (χ1) is 11.5. The summed E-state index contributed by atoms with van der Waals surface area (Å²) >= 11 is 0. The number of aromatic nitrogens is 2. The van der Waals surface area contributed by atoms with E-state index in [2.05, 4.69) is 29.4 Å². The van der Waals surface area contributed by atoms with Crippen LogP contribution >= 0.6 is 0 Å². The molecular weight excluding hydrogens is 298 g/mol. The normalized spacial score (nSPS) is 10.6. The summed E-state index contributed by atoms with van der Waals surface area (Å²) < 4.78 is 1.99. The summed E-state index contributed by atoms with van der Waals surface area (Å²) in [7, 11) is 0. The minimum atomic E-state index is -0.0840. The Bertz CT molecular complexity index is 826. The van der Waals surface area contributed by atoms with Crippen molar-refractivity contribution in [1.82, 2.24) is 9.55 Å². The van der Waals surface area contributed by atoms with Crippen molar-refractivity contribution in [3.05, 3.63) is 82.9 Å². The molecule has 3 rings (SSSR count). The molecule has 4 heteroatoms. The molecule has 0 saturated heterocycles. The molecule has 3 aromatic rings. The van der Waals surface area contributed by atoms with Crippen molar-refractivity contribution in [3.63, 3.8) is 0 Å². The molecule has 0 radical (unpaired) electrons. The van der Waals surface area contributed by atoms with Gasteiger partial charge in [0.25, 0.3) is 5.91 Å². The Morgan fingerprint density at radius 3 is 2.33 bits per heavy atom. The third-order valence-electron chi connectivity index (χ3n) is 4.06. The van der Waals surface area contributed by atoms with E-state index in [1.165, 1.54) is 5.56 Å². The van der Waals surface area contributed by atoms with Crippen LogP contribution in [-0.4, -0.2) is 15.5 Å². The van der Waals surface area contributed by atoms with Crippen LogP contribution < -0.4 is 5.32 Å². The number of nitrogens with one attached hydrogen (secondary N) is 1. The number of hydrogen-bond acceptors (Lipinski definition) is 2. The number of rotatable bonds is 4. The first-order valence-corrected chi connectivity index (χ1v) is 7.97. The van der Waals surface area contributed by atoms with Crippen LogP contribution in [0.5, 0.6) is 0 Å². The zero-order valence-corrected chi connectivity index (χ0v) is 14.2. The van der Waals surface area contributed by atoms with Gasteiger partial charge in [0.05, 0.1) is 6.33 Å². The Morgan fingerprint density at radius 2 is 1.75 bits per heavy atom. The van der Waals surface area contributed by atoms with E-state index < -0.39 is 0 Å². The fourth-order valence-electron chi connectivity index (χ4n) is 2.92. The molecule has 0 bridgehead atoms. The number of benzene rings is 2. The smallest absolute Gasteiger partial charge is 0.255 e. The van der Waals surface area contributed by atoms with E-state index in [4.69, 9.17) is 0 Å². The molecule has 1 aromatic heterocycles. The molecule has 24 heavy (non-hydrogen) atoms. The highest BCUT2D eigenvalue weighted by molar-refractivity contribution is 6.05. The Kier molecular flexibility index (Phi) is 4.47. The molecule has 0 spiro atoms. The second kappa shape index (κ2) is 6.71. The van der Waals surface area contributed by atoms with Gasteiger partial charge in [0.1, 0.15) is 0 Å². The maximum Gasteiger partial charge on any atom is 0.255 e. The van der Waals surface area contributed by atoms with Crippen molar-refractivity contribution in [3.8, 4) is 0 Å². The van der Waals surface area contributed by atoms with Gasteiger partial charge in [0.2, 0.25) is 0 Å². The van der Waals surface area contributed by atoms with Crippen LogP contribution in [0.4, 0.5) is 5.69 Å². The van der Waals surface area contributed by atoms with Gasteiger partial charge in [-0.3, -0.25) is 4.79 Å². The van der Waals surface area contributed by atoms with Gasteiger partial charge in [-0.1, -0.05) is 29.8 Å². The molecule has 0 saturated carbocycles. The summed E-state index contributed by atoms with van der Waals surface area (Å²) in [6.07, 6.45) is 5.46. The van der Waals surface area contributed by atoms with E-state index in [1.54, 1.807) is 12.5 Å². The topological polar surface area (TPSA) is 46.9 Å². The van der Waals surface area contributed by atoms with E-state index in [0.29, 0.717) is 5.56 Å². The molecule has 122 valence electrons. The number of amides is 1. The number of carbonyl (C=O) groups is 1. The molecular formula is C20H21N3O. The summed E-state index contributed by atoms with van der Waals surface area (Å²) in [5, 5.41) is 3.03. The monoisotopic (exact) mass is 319 g/mol. The van der Waals surface area contributed by atoms with Crippen molar-refractivity contribution in [2.75, 3.05) is 5.32 Å². The molecule has 0 atom stereocenters. The number of carbonyl (C=O) groups excluding carboxylic acids is 1. The molecule has 4 nitrogen and oxygen atoms in total. The van der Waals surface area contributed by atoms with Gasteiger partial charge in [-0.2, -0.15) is 0 Å². The summed E-state index contributed by atoms with van der Waals surface area (Å²) in [5.74, 6) is -0.0840. The van der Waals surface area contributed by atoms with E-state index in [9.17, 15) is 4.79 Å². The zero-order valence-electron chi connectivity index (χ0n) is 14.2. The maximum absolute atomic E-state index is 12.5. The minimum Gasteiger partial charge on any atom is -0.333 e. The lowest BCUT2D eigenvalue weighted by molar-refractivity contribution is 0.102. The Balaban J connectivity index is 1.74. The second-order valence-electron chi connectivity index (χ2n) is 6.16. The van der Waals surface area contributed by atoms with Gasteiger partial charge in [-0.25, -0.2) is 4.98 Å². The highest BCUT2D eigenvalue weighted by Crippen LogP contribution is 2.22. The fourth-order valence-corrected chi connectivity index (χ4v) is 2.92. The second-order valence-corrected chi connectivity index (χ2v) is 6.16. The first kappa shape index (κ1) is 16.0. The Morgan fingerprint density at radius 1 is 1.08 bits per heavy atom. The molecule has 0 aliphatic rings. The van der Waals surface area contributed by atoms with Gasteiger partial charge in [-0.05, 0) is 49.6 Å². The van der Waals surface area contributed by atoms with Crippen LogP contribution in [0.25, 0.3) is 0 Å². The molecule has 0 fully saturated rings. The predicted octanol–water partition coefficient (Wildman–Crippen LogP) is 4.11. The highest BCUT2D eigenvalue weighted by Gasteiger charge is 2.10. The lowest BCUT2D eigenvalue weighted by Gasteiger charge is -2.13. The standard InChI is InChI=1S/C20H21N3O/c1-14-10-15(2)19(16(3)11-14)22-20(24)18-6-4-17(5-7-18)12-23-9-8-21-13-23/h4-11,13H,12H2,1-3H3,(H,22,24). The number of anilines is 1. The lowest BCUT2D eigenvalue weighted by atomic mass is 10.0. The summed E-state index contributed by atoms with van der Waals surface area (Å²) in [5.41, 5.74) is 6.05. The van der Waals surface area contributed by atoms with Crippen LogP contribution in [0.3, 0.4) is 0 Å². The molecule has 0 aliphatic heterocycles. The molecule has 2 aromatic carbocycles. The third kappa shape index (κ3) is 3.54. The van der Waals surface area contributed by atoms with Crippen molar-refractivity contribution < 1.29 is 4.79 Å². The fraction of sp³-hybridized carbons (Fsp3) is 0.200. The van der Waals surface area contributed by atoms with Gasteiger partial charge in [-0.15, -0.1) is 0 Å². The van der Waals surface area contributed by atoms with E-state index in [-0.39, 0.29) is 5.91 Å². The van der Waals surface area contributed by atoms with Gasteiger partial charge in [0.15, 0.2) is 0 Å². The average molecular weight is 319 g/mol. The van der Waals surface area contributed by atoms with E-state index in [1.807, 2.05) is 48.9 Å². The minimum absolute atomic E-state index is 0.0840. The maximum atomic E-state index is 12.5. The quantitative estimate of drug-likeness (QED) is 0.786. The highest BCUT2D eigenvalue weighted by atomic mass is 16.1. The molecule has 1 amide bonds. The molecule has 1 heterocycles. The van der Waals surface area contributed by atoms with E-state index in [0.717, 1.165) is 28.9 Å². The first-order valence-electron chi connectivity index (χ1n) is 7.97. The summed E-state index contributed by atoms with van der Waals surface area (Å²) in [6, 6.07) is 11.8. The number of nitrogens with zero attached hydrogens (tertiary/aromatic N) is 2. The van der Waals surface area contributed by atoms with Gasteiger partial charge >= 0.3 is 0 Å². The number of hydrogen-bond donors (Lipinski definition) is 1. The van der Waals surface area contributed by atoms with Crippen LogP contribution in [-0.2, 0) is 6.54 Å². The van der Waals surface area contributed by atoms with Crippen LogP contribution in [0.15, 0.2) is 55.1 Å². The number of aryl methyl sites for hydroxylation is 3. The van der Waals surface area contributed by atoms with Crippen LogP contribution in [0, 0.1) is 20.8 Å². The zero-order chi connectivity index (χ0) is 17.1. The number of imidazole rings is 1. The SMILES string of the molecule is Cc1cc(C)c(NC(=O)c2ccc(Cn3ccnc3)cc2)c(C)c1. The average Bonchev–Trinajstić information content (AvgIpc) is 3.04. The lowest BCUT2D eigenvalue weighted by Crippen LogP contribution is -2.14. The van der Waals surface area contributed by atoms with Gasteiger partial charge in [0, 0.05) is 30.2 Å². The van der Waals surface area contributed by atoms with Crippen molar-refractivity contribution in [1.29, 1.82) is 0 Å². The Labute approximate surface area is 142 Å². The molecule has 0 unspecified atom stereocenters. The Hall–Kier alpha value is -2.88. The molecule has 1 N–H and O–H groups in total. The summed E-state index contributed by atoms with van der Waals surface area (Å²) in [4.78, 5) is 16.5. The van der Waals surface area contributed by atoms with Gasteiger partial charge < -0.3 is 9.88 Å². The van der Waals surface area contributed by atoms with Crippen LogP contribution in [0.1, 0.15) is 32.6 Å². The summed E-state index contributed by atoms with van der Waals surface area (Å²) in [6.45, 7) is 6.84. The van der Waals surface area contributed by atoms with Crippen molar-refractivity contribution >= 4 is 11.6 Å².